The summed E-state index contributed by atoms with van der Waals surface area (Å²) in [5.74, 6) is 0.670. The Labute approximate surface area is 132 Å². The van der Waals surface area contributed by atoms with Gasteiger partial charge in [0.25, 0.3) is 0 Å². The van der Waals surface area contributed by atoms with Crippen LogP contribution >= 0.6 is 11.3 Å². The summed E-state index contributed by atoms with van der Waals surface area (Å²) >= 11 is 1.67. The van der Waals surface area contributed by atoms with Crippen LogP contribution in [0.25, 0.3) is 33.7 Å². The summed E-state index contributed by atoms with van der Waals surface area (Å²) in [6.07, 6.45) is 0. The molecule has 106 valence electrons. The highest BCUT2D eigenvalue weighted by Gasteiger charge is 2.12. The highest BCUT2D eigenvalue weighted by atomic mass is 32.1. The third-order valence-corrected chi connectivity index (χ3v) is 4.20. The van der Waals surface area contributed by atoms with Gasteiger partial charge in [0.05, 0.1) is 11.2 Å². The maximum atomic E-state index is 4.79. The van der Waals surface area contributed by atoms with Gasteiger partial charge in [-0.15, -0.1) is 0 Å². The number of aromatic nitrogens is 3. The van der Waals surface area contributed by atoms with Crippen molar-refractivity contribution in [3.63, 3.8) is 0 Å². The molecular weight excluding hydrogens is 290 g/mol. The molecule has 0 N–H and O–H groups in total. The highest BCUT2D eigenvalue weighted by molar-refractivity contribution is 7.08. The van der Waals surface area contributed by atoms with E-state index in [1.807, 2.05) is 43.3 Å². The molecule has 0 aliphatic rings. The number of nitrogens with zero attached hydrogens (tertiary/aromatic N) is 3. The normalized spacial score (nSPS) is 11.0. The lowest BCUT2D eigenvalue weighted by Crippen LogP contribution is -1.96. The van der Waals surface area contributed by atoms with Gasteiger partial charge >= 0.3 is 0 Å². The number of thiophene rings is 1. The van der Waals surface area contributed by atoms with E-state index in [1.54, 1.807) is 11.3 Å². The van der Waals surface area contributed by atoms with E-state index < -0.39 is 0 Å². The van der Waals surface area contributed by atoms with Crippen LogP contribution in [0.4, 0.5) is 0 Å². The Balaban J connectivity index is 2.01. The van der Waals surface area contributed by atoms with Gasteiger partial charge in [-0.2, -0.15) is 11.3 Å². The van der Waals surface area contributed by atoms with Gasteiger partial charge in [-0.05, 0) is 36.6 Å². The van der Waals surface area contributed by atoms with Crippen LogP contribution in [-0.2, 0) is 0 Å². The fraction of sp³-hybridized carbons (Fsp3) is 0.0556. The van der Waals surface area contributed by atoms with E-state index in [9.17, 15) is 0 Å². The molecule has 0 saturated carbocycles. The lowest BCUT2D eigenvalue weighted by molar-refractivity contribution is 1.14. The minimum Gasteiger partial charge on any atom is -0.250 e. The fourth-order valence-corrected chi connectivity index (χ4v) is 3.12. The molecule has 4 rings (SSSR count). The summed E-state index contributed by atoms with van der Waals surface area (Å²) in [6.45, 7) is 1.98. The summed E-state index contributed by atoms with van der Waals surface area (Å²) in [7, 11) is 0. The molecule has 1 aromatic carbocycles. The minimum absolute atomic E-state index is 0.670. The smallest absolute Gasteiger partial charge is 0.179 e. The Kier molecular flexibility index (Phi) is 3.16. The second-order valence-electron chi connectivity index (χ2n) is 5.09. The zero-order chi connectivity index (χ0) is 14.9. The monoisotopic (exact) mass is 303 g/mol. The van der Waals surface area contributed by atoms with E-state index in [4.69, 9.17) is 4.98 Å². The van der Waals surface area contributed by atoms with Crippen LogP contribution in [0.1, 0.15) is 5.69 Å². The van der Waals surface area contributed by atoms with Crippen molar-refractivity contribution in [2.24, 2.45) is 0 Å². The predicted octanol–water partition coefficient (Wildman–Crippen LogP) is 4.73. The van der Waals surface area contributed by atoms with Gasteiger partial charge < -0.3 is 0 Å². The molecule has 0 spiro atoms. The van der Waals surface area contributed by atoms with E-state index in [0.29, 0.717) is 5.82 Å². The number of rotatable bonds is 2. The van der Waals surface area contributed by atoms with Gasteiger partial charge in [0.15, 0.2) is 5.82 Å². The zero-order valence-corrected chi connectivity index (χ0v) is 12.8. The number of benzene rings is 1. The molecule has 0 atom stereocenters. The van der Waals surface area contributed by atoms with Crippen LogP contribution in [-0.4, -0.2) is 15.0 Å². The maximum Gasteiger partial charge on any atom is 0.179 e. The number of aryl methyl sites for hydroxylation is 1. The molecule has 3 heterocycles. The van der Waals surface area contributed by atoms with E-state index in [0.717, 1.165) is 33.5 Å². The lowest BCUT2D eigenvalue weighted by Gasteiger charge is -2.07. The number of para-hydroxylation sites is 1. The average molecular weight is 303 g/mol. The first kappa shape index (κ1) is 13.1. The number of hydrogen-bond acceptors (Lipinski definition) is 4. The molecule has 3 nitrogen and oxygen atoms in total. The van der Waals surface area contributed by atoms with Crippen LogP contribution in [0, 0.1) is 6.92 Å². The standard InChI is InChI=1S/C18H13N3S/c1-12-5-4-8-16(19-12)18-20-15-7-3-2-6-14(15)17(21-18)13-9-10-22-11-13/h2-11H,1H3. The van der Waals surface area contributed by atoms with E-state index >= 15 is 0 Å². The number of pyridine rings is 1. The molecule has 3 aromatic heterocycles. The third-order valence-electron chi connectivity index (χ3n) is 3.52. The molecule has 4 heteroatoms. The maximum absolute atomic E-state index is 4.79. The topological polar surface area (TPSA) is 38.7 Å². The summed E-state index contributed by atoms with van der Waals surface area (Å²) in [4.78, 5) is 14.0. The Bertz CT molecular complexity index is 946. The van der Waals surface area contributed by atoms with Crippen molar-refractivity contribution >= 4 is 22.2 Å². The highest BCUT2D eigenvalue weighted by Crippen LogP contribution is 2.29. The second-order valence-corrected chi connectivity index (χ2v) is 5.87. The van der Waals surface area contributed by atoms with Gasteiger partial charge in [-0.3, -0.25) is 0 Å². The zero-order valence-electron chi connectivity index (χ0n) is 12.0. The summed E-state index contributed by atoms with van der Waals surface area (Å²) in [5, 5.41) is 5.25. The molecule has 0 aliphatic heterocycles. The summed E-state index contributed by atoms with van der Waals surface area (Å²) in [5.41, 5.74) is 4.80. The first-order chi connectivity index (χ1) is 10.8. The SMILES string of the molecule is Cc1cccc(-c2nc(-c3ccsc3)c3ccccc3n2)n1. The van der Waals surface area contributed by atoms with E-state index in [-0.39, 0.29) is 0 Å². The molecule has 22 heavy (non-hydrogen) atoms. The molecule has 0 bridgehead atoms. The second kappa shape index (κ2) is 5.31. The Morgan fingerprint density at radius 2 is 1.77 bits per heavy atom. The quantitative estimate of drug-likeness (QED) is 0.537. The lowest BCUT2D eigenvalue weighted by atomic mass is 10.1. The van der Waals surface area contributed by atoms with Gasteiger partial charge in [-0.1, -0.05) is 24.3 Å². The van der Waals surface area contributed by atoms with Gasteiger partial charge in [0.2, 0.25) is 0 Å². The van der Waals surface area contributed by atoms with Crippen LogP contribution in [0.2, 0.25) is 0 Å². The molecule has 0 radical (unpaired) electrons. The summed E-state index contributed by atoms with van der Waals surface area (Å²) < 4.78 is 0. The Morgan fingerprint density at radius 3 is 2.59 bits per heavy atom. The van der Waals surface area contributed by atoms with Crippen molar-refractivity contribution in [1.29, 1.82) is 0 Å². The first-order valence-electron chi connectivity index (χ1n) is 7.05. The van der Waals surface area contributed by atoms with Crippen molar-refractivity contribution in [3.8, 4) is 22.8 Å². The molecule has 4 aromatic rings. The predicted molar refractivity (Wildman–Crippen MR) is 90.8 cm³/mol. The Hall–Kier alpha value is -2.59. The van der Waals surface area contributed by atoms with Gasteiger partial charge in [-0.25, -0.2) is 15.0 Å². The fourth-order valence-electron chi connectivity index (χ4n) is 2.48. The van der Waals surface area contributed by atoms with Crippen LogP contribution < -0.4 is 0 Å². The van der Waals surface area contributed by atoms with Crippen molar-refractivity contribution in [2.75, 3.05) is 0 Å². The first-order valence-corrected chi connectivity index (χ1v) is 7.99. The number of fused-ring (bicyclic) bond motifs is 1. The number of hydrogen-bond donors (Lipinski definition) is 0. The summed E-state index contributed by atoms with van der Waals surface area (Å²) in [6, 6.07) is 16.1. The largest absolute Gasteiger partial charge is 0.250 e. The average Bonchev–Trinajstić information content (AvgIpc) is 3.08. The molecule has 0 saturated heterocycles. The van der Waals surface area contributed by atoms with Crippen molar-refractivity contribution in [2.45, 2.75) is 6.92 Å². The third kappa shape index (κ3) is 2.27. The van der Waals surface area contributed by atoms with Crippen LogP contribution in [0.3, 0.4) is 0 Å². The Morgan fingerprint density at radius 1 is 0.864 bits per heavy atom. The van der Waals surface area contributed by atoms with Crippen molar-refractivity contribution in [1.82, 2.24) is 15.0 Å². The molecular formula is C18H13N3S. The molecule has 0 fully saturated rings. The van der Waals surface area contributed by atoms with E-state index in [1.165, 1.54) is 0 Å². The van der Waals surface area contributed by atoms with Gasteiger partial charge in [0.1, 0.15) is 5.69 Å². The van der Waals surface area contributed by atoms with Crippen molar-refractivity contribution in [3.05, 3.63) is 65.0 Å². The van der Waals surface area contributed by atoms with Crippen LogP contribution in [0.15, 0.2) is 59.3 Å². The van der Waals surface area contributed by atoms with E-state index in [2.05, 4.69) is 32.9 Å². The molecule has 0 unspecified atom stereocenters. The molecule has 0 amide bonds. The van der Waals surface area contributed by atoms with Gasteiger partial charge in [0, 0.05) is 22.0 Å². The van der Waals surface area contributed by atoms with Crippen molar-refractivity contribution < 1.29 is 0 Å². The minimum atomic E-state index is 0.670. The molecule has 0 aliphatic carbocycles. The van der Waals surface area contributed by atoms with Crippen LogP contribution in [0.5, 0.6) is 0 Å².